The second kappa shape index (κ2) is 7.74. The average molecular weight is 373 g/mol. The van der Waals surface area contributed by atoms with Crippen LogP contribution in [0.25, 0.3) is 10.1 Å². The summed E-state index contributed by atoms with van der Waals surface area (Å²) in [6.07, 6.45) is 0. The minimum absolute atomic E-state index is 0.170. The number of carbonyl (C=O) groups is 1. The van der Waals surface area contributed by atoms with Crippen LogP contribution in [-0.4, -0.2) is 39.4 Å². The lowest BCUT2D eigenvalue weighted by Gasteiger charge is -2.05. The molecule has 114 valence electrons. The Morgan fingerprint density at radius 3 is 2.90 bits per heavy atom. The molecule has 5 nitrogen and oxygen atoms in total. The summed E-state index contributed by atoms with van der Waals surface area (Å²) in [6, 6.07) is 5.79. The van der Waals surface area contributed by atoms with Crippen LogP contribution in [0.3, 0.4) is 0 Å². The summed E-state index contributed by atoms with van der Waals surface area (Å²) < 4.78 is 12.0. The highest BCUT2D eigenvalue weighted by molar-refractivity contribution is 9.10. The van der Waals surface area contributed by atoms with Gasteiger partial charge in [-0.05, 0) is 12.1 Å². The number of nitrogens with two attached hydrogens (primary N) is 1. The van der Waals surface area contributed by atoms with Crippen molar-refractivity contribution in [2.75, 3.05) is 39.2 Å². The third kappa shape index (κ3) is 3.94. The molecule has 3 N–H and O–H groups in total. The summed E-state index contributed by atoms with van der Waals surface area (Å²) in [6.45, 7) is 1.95. The van der Waals surface area contributed by atoms with Crippen LogP contribution in [0.15, 0.2) is 22.7 Å². The van der Waals surface area contributed by atoms with E-state index in [4.69, 9.17) is 15.2 Å². The molecule has 0 saturated carbocycles. The Balaban J connectivity index is 1.97. The van der Waals surface area contributed by atoms with Gasteiger partial charge in [-0.25, -0.2) is 0 Å². The summed E-state index contributed by atoms with van der Waals surface area (Å²) in [5.74, 6) is -0.170. The van der Waals surface area contributed by atoms with Gasteiger partial charge in [0.25, 0.3) is 5.91 Å². The van der Waals surface area contributed by atoms with Crippen LogP contribution < -0.4 is 11.1 Å². The van der Waals surface area contributed by atoms with Crippen molar-refractivity contribution in [1.29, 1.82) is 0 Å². The van der Waals surface area contributed by atoms with Crippen molar-refractivity contribution >= 4 is 48.9 Å². The van der Waals surface area contributed by atoms with Gasteiger partial charge in [-0.3, -0.25) is 4.79 Å². The summed E-state index contributed by atoms with van der Waals surface area (Å²) >= 11 is 4.85. The van der Waals surface area contributed by atoms with Crippen molar-refractivity contribution in [3.05, 3.63) is 27.5 Å². The fraction of sp³-hybridized carbons (Fsp3) is 0.357. The number of amides is 1. The van der Waals surface area contributed by atoms with E-state index < -0.39 is 0 Å². The number of carbonyl (C=O) groups excluding carboxylic acids is 1. The van der Waals surface area contributed by atoms with Gasteiger partial charge in [0.1, 0.15) is 4.88 Å². The Bertz CT molecular complexity index is 630. The predicted octanol–water partition coefficient (Wildman–Crippen LogP) is 2.64. The number of halogens is 1. The van der Waals surface area contributed by atoms with Gasteiger partial charge in [-0.1, -0.05) is 22.0 Å². The number of anilines is 1. The molecule has 0 aliphatic carbocycles. The predicted molar refractivity (Wildman–Crippen MR) is 89.0 cm³/mol. The lowest BCUT2D eigenvalue weighted by molar-refractivity contribution is 0.0693. The molecule has 0 fully saturated rings. The van der Waals surface area contributed by atoms with E-state index in [0.29, 0.717) is 36.9 Å². The van der Waals surface area contributed by atoms with Gasteiger partial charge in [0.05, 0.1) is 25.5 Å². The zero-order valence-corrected chi connectivity index (χ0v) is 14.1. The topological polar surface area (TPSA) is 73.6 Å². The summed E-state index contributed by atoms with van der Waals surface area (Å²) in [5, 5.41) is 3.70. The molecular weight excluding hydrogens is 356 g/mol. The van der Waals surface area contributed by atoms with E-state index in [-0.39, 0.29) is 5.91 Å². The number of benzene rings is 1. The first-order valence-corrected chi connectivity index (χ1v) is 8.07. The molecule has 0 aliphatic rings. The van der Waals surface area contributed by atoms with Gasteiger partial charge in [-0.2, -0.15) is 0 Å². The molecule has 0 unspecified atom stereocenters. The number of rotatable bonds is 7. The van der Waals surface area contributed by atoms with Crippen LogP contribution in [0.4, 0.5) is 5.69 Å². The quantitative estimate of drug-likeness (QED) is 0.732. The van der Waals surface area contributed by atoms with Gasteiger partial charge < -0.3 is 20.5 Å². The van der Waals surface area contributed by atoms with Crippen LogP contribution in [0, 0.1) is 0 Å². The van der Waals surface area contributed by atoms with Gasteiger partial charge in [0.15, 0.2) is 0 Å². The molecule has 0 saturated heterocycles. The third-order valence-electron chi connectivity index (χ3n) is 2.87. The zero-order valence-electron chi connectivity index (χ0n) is 11.6. The first kappa shape index (κ1) is 16.2. The number of hydrogen-bond donors (Lipinski definition) is 2. The standard InChI is InChI=1S/C14H17BrN2O3S/c1-19-7-8-20-6-5-17-14(18)13-12(16)11-9(15)3-2-4-10(11)21-13/h2-4H,5-8,16H2,1H3,(H,17,18). The monoisotopic (exact) mass is 372 g/mol. The lowest BCUT2D eigenvalue weighted by atomic mass is 10.2. The molecule has 0 aliphatic heterocycles. The van der Waals surface area contributed by atoms with E-state index in [9.17, 15) is 4.79 Å². The highest BCUT2D eigenvalue weighted by Gasteiger charge is 2.17. The van der Waals surface area contributed by atoms with Crippen molar-refractivity contribution < 1.29 is 14.3 Å². The van der Waals surface area contributed by atoms with Crippen LogP contribution in [0.1, 0.15) is 9.67 Å². The van der Waals surface area contributed by atoms with E-state index in [1.807, 2.05) is 18.2 Å². The highest BCUT2D eigenvalue weighted by atomic mass is 79.9. The fourth-order valence-corrected chi connectivity index (χ4v) is 3.64. The first-order chi connectivity index (χ1) is 10.1. The summed E-state index contributed by atoms with van der Waals surface area (Å²) in [4.78, 5) is 12.7. The molecular formula is C14H17BrN2O3S. The molecule has 21 heavy (non-hydrogen) atoms. The lowest BCUT2D eigenvalue weighted by Crippen LogP contribution is -2.27. The molecule has 7 heteroatoms. The van der Waals surface area contributed by atoms with Crippen LogP contribution >= 0.6 is 27.3 Å². The Morgan fingerprint density at radius 1 is 1.38 bits per heavy atom. The van der Waals surface area contributed by atoms with E-state index in [1.165, 1.54) is 11.3 Å². The Morgan fingerprint density at radius 2 is 2.19 bits per heavy atom. The molecule has 0 spiro atoms. The van der Waals surface area contributed by atoms with Crippen molar-refractivity contribution in [2.45, 2.75) is 0 Å². The number of ether oxygens (including phenoxy) is 2. The van der Waals surface area contributed by atoms with Crippen molar-refractivity contribution in [3.8, 4) is 0 Å². The van der Waals surface area contributed by atoms with E-state index in [0.717, 1.165) is 14.6 Å². The molecule has 1 aromatic carbocycles. The van der Waals surface area contributed by atoms with Gasteiger partial charge >= 0.3 is 0 Å². The third-order valence-corrected chi connectivity index (χ3v) is 4.70. The molecule has 1 amide bonds. The van der Waals surface area contributed by atoms with Crippen LogP contribution in [0.5, 0.6) is 0 Å². The van der Waals surface area contributed by atoms with Gasteiger partial charge in [0, 0.05) is 28.2 Å². The number of nitrogen functional groups attached to an aromatic ring is 1. The molecule has 0 radical (unpaired) electrons. The van der Waals surface area contributed by atoms with Crippen molar-refractivity contribution in [2.24, 2.45) is 0 Å². The molecule has 0 bridgehead atoms. The SMILES string of the molecule is COCCOCCNC(=O)c1sc2cccc(Br)c2c1N. The molecule has 2 aromatic rings. The number of methoxy groups -OCH3 is 1. The van der Waals surface area contributed by atoms with Crippen molar-refractivity contribution in [1.82, 2.24) is 5.32 Å². The van der Waals surface area contributed by atoms with Gasteiger partial charge in [0.2, 0.25) is 0 Å². The largest absolute Gasteiger partial charge is 0.397 e. The van der Waals surface area contributed by atoms with Crippen LogP contribution in [-0.2, 0) is 9.47 Å². The van der Waals surface area contributed by atoms with E-state index in [2.05, 4.69) is 21.2 Å². The maximum atomic E-state index is 12.2. The summed E-state index contributed by atoms with van der Waals surface area (Å²) in [5.41, 5.74) is 6.60. The smallest absolute Gasteiger partial charge is 0.263 e. The zero-order chi connectivity index (χ0) is 15.2. The number of hydrogen-bond acceptors (Lipinski definition) is 5. The normalized spacial score (nSPS) is 11.0. The second-order valence-electron chi connectivity index (χ2n) is 4.32. The van der Waals surface area contributed by atoms with Crippen LogP contribution in [0.2, 0.25) is 0 Å². The molecule has 1 aromatic heterocycles. The van der Waals surface area contributed by atoms with Crippen molar-refractivity contribution in [3.63, 3.8) is 0 Å². The Kier molecular flexibility index (Phi) is 5.98. The Hall–Kier alpha value is -1.15. The summed E-state index contributed by atoms with van der Waals surface area (Å²) in [7, 11) is 1.62. The maximum Gasteiger partial charge on any atom is 0.263 e. The minimum Gasteiger partial charge on any atom is -0.397 e. The molecule has 0 atom stereocenters. The Labute approximate surface area is 135 Å². The van der Waals surface area contributed by atoms with E-state index >= 15 is 0 Å². The molecule has 1 heterocycles. The number of fused-ring (bicyclic) bond motifs is 1. The van der Waals surface area contributed by atoms with E-state index in [1.54, 1.807) is 7.11 Å². The highest BCUT2D eigenvalue weighted by Crippen LogP contribution is 2.37. The second-order valence-corrected chi connectivity index (χ2v) is 6.23. The molecule has 2 rings (SSSR count). The number of nitrogens with one attached hydrogen (secondary N) is 1. The minimum atomic E-state index is -0.170. The first-order valence-electron chi connectivity index (χ1n) is 6.46. The number of thiophene rings is 1. The fourth-order valence-electron chi connectivity index (χ4n) is 1.86. The average Bonchev–Trinajstić information content (AvgIpc) is 2.81. The maximum absolute atomic E-state index is 12.2. The van der Waals surface area contributed by atoms with Gasteiger partial charge in [-0.15, -0.1) is 11.3 Å².